The van der Waals surface area contributed by atoms with Gasteiger partial charge in [0, 0.05) is 76.6 Å². The number of hydrogen-bond acceptors (Lipinski definition) is 1. The van der Waals surface area contributed by atoms with Crippen molar-refractivity contribution in [3.8, 4) is 67.3 Å². The first kappa shape index (κ1) is 64.5. The lowest BCUT2D eigenvalue weighted by molar-refractivity contribution is 0.669. The predicted molar refractivity (Wildman–Crippen MR) is 487 cm³/mol. The molecule has 0 atom stereocenters. The van der Waals surface area contributed by atoms with Gasteiger partial charge in [-0.1, -0.05) is 267 Å². The van der Waals surface area contributed by atoms with E-state index in [0.29, 0.717) is 0 Å². The van der Waals surface area contributed by atoms with Gasteiger partial charge in [0.05, 0.1) is 44.1 Å². The normalized spacial score (nSPS) is 12.0. The molecule has 115 heavy (non-hydrogen) atoms. The van der Waals surface area contributed by atoms with Gasteiger partial charge in [-0.05, 0) is 244 Å². The van der Waals surface area contributed by atoms with E-state index in [9.17, 15) is 0 Å². The van der Waals surface area contributed by atoms with Gasteiger partial charge in [0.1, 0.15) is 11.2 Å². The van der Waals surface area contributed by atoms with Crippen molar-refractivity contribution in [1.82, 2.24) is 18.3 Å². The van der Waals surface area contributed by atoms with Crippen LogP contribution in [0.4, 0.5) is 0 Å². The molecule has 0 aliphatic carbocycles. The Morgan fingerprint density at radius 2 is 0.400 bits per heavy atom. The second-order valence-corrected chi connectivity index (χ2v) is 30.7. The maximum Gasteiger partial charge on any atom is 0.135 e. The molecule has 0 saturated heterocycles. The molecular formula is C110H68N4O. The highest BCUT2D eigenvalue weighted by atomic mass is 16.3. The third kappa shape index (κ3) is 10.3. The van der Waals surface area contributed by atoms with Crippen LogP contribution in [0.5, 0.6) is 0 Å². The highest BCUT2D eigenvalue weighted by molar-refractivity contribution is 6.26. The number of benzene rings is 20. The SMILES string of the molecule is c1cc(-c2ccc3c4ccccc4c4ccccc4c3c2)cc(-n2c3ccccc3c3cc(-c4ccc5c(c4)c4ccccc4n5-c4ccc5ccccc5c4)ccc32)c1.c1cc(-c2ccc3oc4ccccc4c3c2)cc(-n2c3ccccc3c3cc(-c4ccc5c(c4)c4ccccc4n5-c4ccc5ccccc5c4)ccc32)c1. The summed E-state index contributed by atoms with van der Waals surface area (Å²) in [5, 5.41) is 25.0. The van der Waals surface area contributed by atoms with Gasteiger partial charge in [0.25, 0.3) is 0 Å². The van der Waals surface area contributed by atoms with Crippen molar-refractivity contribution >= 4 is 163 Å². The number of rotatable bonds is 8. The fraction of sp³-hybridized carbons (Fsp3) is 0. The minimum Gasteiger partial charge on any atom is -0.456 e. The number of aromatic nitrogens is 4. The molecule has 0 bridgehead atoms. The van der Waals surface area contributed by atoms with Gasteiger partial charge in [-0.3, -0.25) is 0 Å². The molecule has 20 aromatic carbocycles. The smallest absolute Gasteiger partial charge is 0.135 e. The molecule has 0 radical (unpaired) electrons. The van der Waals surface area contributed by atoms with Crippen LogP contribution in [0.3, 0.4) is 0 Å². The molecule has 5 heteroatoms. The minimum atomic E-state index is 0.911. The van der Waals surface area contributed by atoms with E-state index in [1.165, 1.54) is 197 Å². The predicted octanol–water partition coefficient (Wildman–Crippen LogP) is 30.1. The molecule has 5 nitrogen and oxygen atoms in total. The topological polar surface area (TPSA) is 32.9 Å². The van der Waals surface area contributed by atoms with E-state index in [0.717, 1.165) is 33.3 Å². The number of fused-ring (bicyclic) bond motifs is 23. The molecule has 5 aromatic heterocycles. The average Bonchev–Trinajstić information content (AvgIpc) is 1.62. The van der Waals surface area contributed by atoms with Gasteiger partial charge in [0.2, 0.25) is 0 Å². The summed E-state index contributed by atoms with van der Waals surface area (Å²) in [6.45, 7) is 0. The summed E-state index contributed by atoms with van der Waals surface area (Å²) in [5.41, 5.74) is 25.7. The molecule has 0 spiro atoms. The second kappa shape index (κ2) is 25.6. The van der Waals surface area contributed by atoms with Gasteiger partial charge in [-0.25, -0.2) is 0 Å². The van der Waals surface area contributed by atoms with E-state index in [-0.39, 0.29) is 0 Å². The van der Waals surface area contributed by atoms with E-state index in [1.807, 2.05) is 12.1 Å². The Kier molecular flexibility index (Phi) is 14.4. The third-order valence-electron chi connectivity index (χ3n) is 24.3. The molecule has 0 saturated carbocycles. The Bertz CT molecular complexity index is 8350. The number of nitrogens with zero attached hydrogens (tertiary/aromatic N) is 4. The van der Waals surface area contributed by atoms with Gasteiger partial charge >= 0.3 is 0 Å². The molecule has 0 amide bonds. The monoisotopic (exact) mass is 1460 g/mol. The first-order chi connectivity index (χ1) is 57.0. The Morgan fingerprint density at radius 3 is 0.809 bits per heavy atom. The van der Waals surface area contributed by atoms with Gasteiger partial charge in [0.15, 0.2) is 0 Å². The average molecular weight is 1460 g/mol. The van der Waals surface area contributed by atoms with Crippen molar-refractivity contribution in [2.45, 2.75) is 0 Å². The largest absolute Gasteiger partial charge is 0.456 e. The van der Waals surface area contributed by atoms with Crippen LogP contribution in [0.2, 0.25) is 0 Å². The standard InChI is InChI=1S/C58H36N2.C52H32N2O/c1-2-13-38-32-44(28-24-37(38)12-1)60-56-23-10-8-21-51(56)54-36-42(27-31-58(54)60)41-26-30-57-53(35-41)50-20-7-9-22-55(50)59(57)43-15-11-14-39(33-43)40-25-29-49-47-18-4-3-16-45(47)46-17-5-6-19-48(46)52(49)34-40;1-2-11-34-28-40(24-20-33(34)10-1)54-48-18-7-4-15-42(48)45-31-37(22-26-50(45)54)36-21-25-49-44(30-36)41-14-3-6-17-47(41)53(49)39-13-9-12-35(29-39)38-23-27-52-46(32-38)43-16-5-8-19-51(43)55-52/h1-36H;1-32H. The summed E-state index contributed by atoms with van der Waals surface area (Å²) in [5.74, 6) is 0. The molecule has 0 N–H and O–H groups in total. The van der Waals surface area contributed by atoms with Crippen molar-refractivity contribution in [2.75, 3.05) is 0 Å². The molecular weight excluding hydrogens is 1390 g/mol. The van der Waals surface area contributed by atoms with Crippen LogP contribution in [0.25, 0.3) is 230 Å². The Labute approximate surface area is 661 Å². The van der Waals surface area contributed by atoms with Crippen molar-refractivity contribution in [3.05, 3.63) is 413 Å². The summed E-state index contributed by atoms with van der Waals surface area (Å²) in [7, 11) is 0. The quantitative estimate of drug-likeness (QED) is 0.140. The lowest BCUT2D eigenvalue weighted by Gasteiger charge is -2.13. The van der Waals surface area contributed by atoms with Gasteiger partial charge in [-0.15, -0.1) is 0 Å². The lowest BCUT2D eigenvalue weighted by atomic mass is 9.92. The summed E-state index contributed by atoms with van der Waals surface area (Å²) in [4.78, 5) is 0. The fourth-order valence-electron chi connectivity index (χ4n) is 19.0. The highest BCUT2D eigenvalue weighted by Crippen LogP contribution is 2.45. The molecule has 0 aliphatic heterocycles. The first-order valence-corrected chi connectivity index (χ1v) is 39.6. The Balaban J connectivity index is 0.000000133. The van der Waals surface area contributed by atoms with Crippen LogP contribution >= 0.6 is 0 Å². The zero-order valence-electron chi connectivity index (χ0n) is 62.5. The van der Waals surface area contributed by atoms with Crippen LogP contribution in [0.15, 0.2) is 417 Å². The maximum absolute atomic E-state index is 6.13. The van der Waals surface area contributed by atoms with Gasteiger partial charge < -0.3 is 22.7 Å². The second-order valence-electron chi connectivity index (χ2n) is 30.7. The molecule has 25 aromatic rings. The molecule has 0 aliphatic rings. The van der Waals surface area contributed by atoms with Crippen LogP contribution in [-0.4, -0.2) is 18.3 Å². The van der Waals surface area contributed by atoms with Crippen molar-refractivity contribution < 1.29 is 4.42 Å². The van der Waals surface area contributed by atoms with Crippen molar-refractivity contribution in [1.29, 1.82) is 0 Å². The summed E-state index contributed by atoms with van der Waals surface area (Å²) in [6.07, 6.45) is 0. The first-order valence-electron chi connectivity index (χ1n) is 39.6. The highest BCUT2D eigenvalue weighted by Gasteiger charge is 2.22. The summed E-state index contributed by atoms with van der Waals surface area (Å²) in [6, 6.07) is 151. The van der Waals surface area contributed by atoms with Crippen LogP contribution < -0.4 is 0 Å². The minimum absolute atomic E-state index is 0.911. The van der Waals surface area contributed by atoms with Crippen LogP contribution in [0.1, 0.15) is 0 Å². The fourth-order valence-corrected chi connectivity index (χ4v) is 19.0. The lowest BCUT2D eigenvalue weighted by Crippen LogP contribution is -1.94. The summed E-state index contributed by atoms with van der Waals surface area (Å²) < 4.78 is 15.8. The van der Waals surface area contributed by atoms with Crippen LogP contribution in [-0.2, 0) is 0 Å². The number of hydrogen-bond donors (Lipinski definition) is 0. The molecule has 5 heterocycles. The van der Waals surface area contributed by atoms with Crippen molar-refractivity contribution in [2.24, 2.45) is 0 Å². The van der Waals surface area contributed by atoms with E-state index in [2.05, 4.69) is 419 Å². The Morgan fingerprint density at radius 1 is 0.130 bits per heavy atom. The number of furan rings is 1. The molecule has 534 valence electrons. The van der Waals surface area contributed by atoms with Gasteiger partial charge in [-0.2, -0.15) is 0 Å². The number of para-hydroxylation sites is 5. The van der Waals surface area contributed by atoms with E-state index in [4.69, 9.17) is 4.42 Å². The zero-order chi connectivity index (χ0) is 75.3. The van der Waals surface area contributed by atoms with Crippen LogP contribution in [0, 0.1) is 0 Å². The Hall–Kier alpha value is -15.3. The molecule has 0 fully saturated rings. The van der Waals surface area contributed by atoms with E-state index < -0.39 is 0 Å². The molecule has 25 rings (SSSR count). The van der Waals surface area contributed by atoms with Crippen molar-refractivity contribution in [3.63, 3.8) is 0 Å². The molecule has 0 unspecified atom stereocenters. The van der Waals surface area contributed by atoms with E-state index in [1.54, 1.807) is 0 Å². The summed E-state index contributed by atoms with van der Waals surface area (Å²) >= 11 is 0. The van der Waals surface area contributed by atoms with E-state index >= 15 is 0 Å². The zero-order valence-corrected chi connectivity index (χ0v) is 62.5. The third-order valence-corrected chi connectivity index (χ3v) is 24.3. The maximum atomic E-state index is 6.13.